The predicted molar refractivity (Wildman–Crippen MR) is 105 cm³/mol. The molecule has 0 spiro atoms. The molecule has 4 rings (SSSR count). The van der Waals surface area contributed by atoms with Crippen LogP contribution in [0, 0.1) is 17.6 Å². The highest BCUT2D eigenvalue weighted by Crippen LogP contribution is 2.53. The largest absolute Gasteiger partial charge is 0.465 e. The monoisotopic (exact) mass is 434 g/mol. The summed E-state index contributed by atoms with van der Waals surface area (Å²) >= 11 is 0.982. The Hall–Kier alpha value is -3.05. The highest BCUT2D eigenvalue weighted by Gasteiger charge is 2.51. The van der Waals surface area contributed by atoms with Gasteiger partial charge in [0.2, 0.25) is 0 Å². The van der Waals surface area contributed by atoms with Crippen molar-refractivity contribution in [3.05, 3.63) is 59.4 Å². The Labute approximate surface area is 173 Å². The van der Waals surface area contributed by atoms with Crippen LogP contribution in [0.25, 0.3) is 0 Å². The van der Waals surface area contributed by atoms with Gasteiger partial charge >= 0.3 is 6.09 Å². The van der Waals surface area contributed by atoms with Gasteiger partial charge in [0, 0.05) is 36.5 Å². The zero-order valence-electron chi connectivity index (χ0n) is 15.4. The lowest BCUT2D eigenvalue weighted by molar-refractivity contribution is 0.0560. The Morgan fingerprint density at radius 1 is 1.23 bits per heavy atom. The van der Waals surface area contributed by atoms with E-state index < -0.39 is 28.6 Å². The molecule has 2 aliphatic rings. The summed E-state index contributed by atoms with van der Waals surface area (Å²) in [4.78, 5) is 30.1. The standard InChI is InChI=1S/C19H16F2N4O4S/c20-13-4-3-11(24-16(26)15-14(21)2-1-6-22-15)8-12(13)19-10(5-7-29-19)9-23-17(30-19)25-18(27)28/h1-4,6,8,10H,5,7,9H2,(H,23,25)(H,24,26)(H,27,28)/t10-,19-/m1/s1. The summed E-state index contributed by atoms with van der Waals surface area (Å²) in [5, 5.41) is 13.8. The number of benzene rings is 1. The number of amides is 2. The van der Waals surface area contributed by atoms with Crippen LogP contribution in [0.2, 0.25) is 0 Å². The molecule has 0 saturated carbocycles. The highest BCUT2D eigenvalue weighted by atomic mass is 32.2. The third-order valence-corrected chi connectivity index (χ3v) is 6.21. The topological polar surface area (TPSA) is 113 Å². The molecule has 2 atom stereocenters. The first kappa shape index (κ1) is 20.2. The van der Waals surface area contributed by atoms with Gasteiger partial charge in [-0.25, -0.2) is 18.6 Å². The second-order valence-corrected chi connectivity index (χ2v) is 7.86. The molecule has 11 heteroatoms. The van der Waals surface area contributed by atoms with Crippen molar-refractivity contribution in [1.82, 2.24) is 10.3 Å². The van der Waals surface area contributed by atoms with E-state index in [4.69, 9.17) is 9.84 Å². The molecule has 0 unspecified atom stereocenters. The summed E-state index contributed by atoms with van der Waals surface area (Å²) < 4.78 is 34.6. The Morgan fingerprint density at radius 2 is 2.07 bits per heavy atom. The number of ether oxygens (including phenoxy) is 1. The van der Waals surface area contributed by atoms with Crippen LogP contribution in [0.3, 0.4) is 0 Å². The first-order valence-corrected chi connectivity index (χ1v) is 9.80. The molecular weight excluding hydrogens is 418 g/mol. The van der Waals surface area contributed by atoms with E-state index in [-0.39, 0.29) is 34.6 Å². The third-order valence-electron chi connectivity index (χ3n) is 4.81. The average molecular weight is 434 g/mol. The lowest BCUT2D eigenvalue weighted by Crippen LogP contribution is -2.41. The number of aromatic nitrogens is 1. The molecule has 156 valence electrons. The Bertz CT molecular complexity index is 1050. The molecule has 3 N–H and O–H groups in total. The summed E-state index contributed by atoms with van der Waals surface area (Å²) in [5.74, 6) is -2.32. The van der Waals surface area contributed by atoms with Gasteiger partial charge < -0.3 is 15.2 Å². The summed E-state index contributed by atoms with van der Waals surface area (Å²) in [7, 11) is 0. The van der Waals surface area contributed by atoms with E-state index in [1.165, 1.54) is 30.5 Å². The molecule has 1 fully saturated rings. The lowest BCUT2D eigenvalue weighted by Gasteiger charge is -2.37. The van der Waals surface area contributed by atoms with Gasteiger partial charge in [0.15, 0.2) is 21.6 Å². The first-order valence-electron chi connectivity index (χ1n) is 8.98. The second kappa shape index (κ2) is 8.00. The smallest absolute Gasteiger partial charge is 0.410 e. The lowest BCUT2D eigenvalue weighted by atomic mass is 9.93. The van der Waals surface area contributed by atoms with E-state index in [9.17, 15) is 18.4 Å². The number of halogens is 2. The molecule has 1 saturated heterocycles. The number of aliphatic imine (C=N–C) groups is 1. The number of carbonyl (C=O) groups is 2. The van der Waals surface area contributed by atoms with E-state index in [0.717, 1.165) is 17.8 Å². The Kier molecular flexibility index (Phi) is 5.39. The molecule has 2 amide bonds. The summed E-state index contributed by atoms with van der Waals surface area (Å²) in [6.07, 6.45) is 0.622. The summed E-state index contributed by atoms with van der Waals surface area (Å²) in [5.41, 5.74) is -0.0153. The molecule has 0 aliphatic carbocycles. The highest BCUT2D eigenvalue weighted by molar-refractivity contribution is 8.14. The molecular formula is C19H16F2N4O4S. The number of carbonyl (C=O) groups excluding carboxylic acids is 1. The van der Waals surface area contributed by atoms with E-state index in [2.05, 4.69) is 20.6 Å². The van der Waals surface area contributed by atoms with Crippen molar-refractivity contribution >= 4 is 34.6 Å². The Balaban J connectivity index is 1.66. The molecule has 0 bridgehead atoms. The van der Waals surface area contributed by atoms with Crippen LogP contribution in [0.5, 0.6) is 0 Å². The number of nitrogens with zero attached hydrogens (tertiary/aromatic N) is 2. The molecule has 2 aromatic rings. The number of hydrogen-bond donors (Lipinski definition) is 3. The second-order valence-electron chi connectivity index (χ2n) is 6.66. The molecule has 30 heavy (non-hydrogen) atoms. The molecule has 3 heterocycles. The number of carboxylic acid groups (broad SMARTS) is 1. The number of fused-ring (bicyclic) bond motifs is 1. The van der Waals surface area contributed by atoms with Gasteiger partial charge in [0.1, 0.15) is 5.82 Å². The van der Waals surface area contributed by atoms with Crippen molar-refractivity contribution in [3.63, 3.8) is 0 Å². The van der Waals surface area contributed by atoms with Gasteiger partial charge in [0.05, 0.1) is 0 Å². The van der Waals surface area contributed by atoms with Crippen molar-refractivity contribution in [1.29, 1.82) is 0 Å². The number of thioether (sulfide) groups is 1. The maximum Gasteiger partial charge on any atom is 0.410 e. The van der Waals surface area contributed by atoms with Crippen LogP contribution in [-0.4, -0.2) is 40.4 Å². The number of pyridine rings is 1. The molecule has 2 aliphatic heterocycles. The van der Waals surface area contributed by atoms with E-state index in [1.807, 2.05) is 0 Å². The number of anilines is 1. The van der Waals surface area contributed by atoms with Gasteiger partial charge in [-0.3, -0.25) is 15.1 Å². The van der Waals surface area contributed by atoms with E-state index >= 15 is 0 Å². The minimum Gasteiger partial charge on any atom is -0.465 e. The number of hydrogen-bond acceptors (Lipinski definition) is 6. The molecule has 0 radical (unpaired) electrons. The van der Waals surface area contributed by atoms with Crippen LogP contribution in [0.4, 0.5) is 19.3 Å². The van der Waals surface area contributed by atoms with Crippen LogP contribution < -0.4 is 10.6 Å². The number of amidine groups is 1. The van der Waals surface area contributed by atoms with Crippen LogP contribution in [-0.2, 0) is 9.67 Å². The number of rotatable bonds is 3. The van der Waals surface area contributed by atoms with Gasteiger partial charge in [-0.2, -0.15) is 0 Å². The van der Waals surface area contributed by atoms with E-state index in [0.29, 0.717) is 13.0 Å². The van der Waals surface area contributed by atoms with Gasteiger partial charge in [0.25, 0.3) is 5.91 Å². The van der Waals surface area contributed by atoms with Crippen molar-refractivity contribution in [2.24, 2.45) is 10.9 Å². The maximum atomic E-state index is 14.8. The quantitative estimate of drug-likeness (QED) is 0.684. The predicted octanol–water partition coefficient (Wildman–Crippen LogP) is 3.17. The van der Waals surface area contributed by atoms with Crippen molar-refractivity contribution in [2.45, 2.75) is 11.4 Å². The Morgan fingerprint density at radius 3 is 2.83 bits per heavy atom. The first-order chi connectivity index (χ1) is 14.4. The van der Waals surface area contributed by atoms with Gasteiger partial charge in [-0.15, -0.1) is 0 Å². The fraction of sp³-hybridized carbons (Fsp3) is 0.263. The molecule has 1 aromatic carbocycles. The minimum atomic E-state index is -1.29. The van der Waals surface area contributed by atoms with Crippen LogP contribution in [0.15, 0.2) is 41.5 Å². The zero-order chi connectivity index (χ0) is 21.3. The van der Waals surface area contributed by atoms with Crippen molar-refractivity contribution < 1.29 is 28.2 Å². The average Bonchev–Trinajstić information content (AvgIpc) is 3.13. The fourth-order valence-electron chi connectivity index (χ4n) is 3.48. The molecule has 1 aromatic heterocycles. The fourth-order valence-corrected chi connectivity index (χ4v) is 4.81. The summed E-state index contributed by atoms with van der Waals surface area (Å²) in [6.45, 7) is 0.612. The maximum absolute atomic E-state index is 14.8. The van der Waals surface area contributed by atoms with E-state index in [1.54, 1.807) is 0 Å². The summed E-state index contributed by atoms with van der Waals surface area (Å²) in [6, 6.07) is 6.40. The van der Waals surface area contributed by atoms with Crippen LogP contribution >= 0.6 is 11.8 Å². The van der Waals surface area contributed by atoms with Gasteiger partial charge in [-0.1, -0.05) is 0 Å². The van der Waals surface area contributed by atoms with Crippen LogP contribution in [0.1, 0.15) is 22.5 Å². The zero-order valence-corrected chi connectivity index (χ0v) is 16.2. The van der Waals surface area contributed by atoms with Crippen molar-refractivity contribution in [2.75, 3.05) is 18.5 Å². The number of nitrogens with one attached hydrogen (secondary N) is 2. The normalized spacial score (nSPS) is 22.7. The minimum absolute atomic E-state index is 0.102. The SMILES string of the molecule is O=C(O)NC1=NC[C@H]2CCO[C@@]2(c2cc(NC(=O)c3ncccc3F)ccc2F)S1. The van der Waals surface area contributed by atoms with Crippen molar-refractivity contribution in [3.8, 4) is 0 Å². The third kappa shape index (κ3) is 3.73. The molecule has 8 nitrogen and oxygen atoms in total. The van der Waals surface area contributed by atoms with Gasteiger partial charge in [-0.05, 0) is 48.5 Å².